The Morgan fingerprint density at radius 3 is 2.79 bits per heavy atom. The minimum Gasteiger partial charge on any atom is -0.466 e. The zero-order valence-electron chi connectivity index (χ0n) is 17.7. The molecule has 1 aliphatic heterocycles. The van der Waals surface area contributed by atoms with E-state index >= 15 is 0 Å². The van der Waals surface area contributed by atoms with E-state index in [1.807, 2.05) is 15.7 Å². The number of amides is 1. The third-order valence-corrected chi connectivity index (χ3v) is 5.43. The van der Waals surface area contributed by atoms with Crippen molar-refractivity contribution in [2.75, 3.05) is 33.8 Å². The van der Waals surface area contributed by atoms with E-state index in [1.54, 1.807) is 6.20 Å². The van der Waals surface area contributed by atoms with E-state index in [1.165, 1.54) is 12.8 Å². The normalized spacial score (nSPS) is 16.7. The summed E-state index contributed by atoms with van der Waals surface area (Å²) in [5, 5.41) is 0. The molecule has 1 saturated heterocycles. The predicted octanol–water partition coefficient (Wildman–Crippen LogP) is 2.49. The topological polar surface area (TPSA) is 67.7 Å². The van der Waals surface area contributed by atoms with Gasteiger partial charge in [0.2, 0.25) is 5.91 Å². The van der Waals surface area contributed by atoms with E-state index in [-0.39, 0.29) is 11.9 Å². The molecule has 158 valence electrons. The van der Waals surface area contributed by atoms with E-state index < -0.39 is 0 Å². The molecule has 0 spiro atoms. The van der Waals surface area contributed by atoms with Crippen molar-refractivity contribution in [3.05, 3.63) is 18.2 Å². The third kappa shape index (κ3) is 7.26. The van der Waals surface area contributed by atoms with Crippen molar-refractivity contribution >= 4 is 11.9 Å². The molecule has 28 heavy (non-hydrogen) atoms. The highest BCUT2D eigenvalue weighted by Crippen LogP contribution is 2.15. The maximum absolute atomic E-state index is 12.5. The van der Waals surface area contributed by atoms with Gasteiger partial charge in [-0.2, -0.15) is 0 Å². The molecular formula is C21H36N4O3. The molecule has 2 heterocycles. The van der Waals surface area contributed by atoms with Gasteiger partial charge in [0.05, 0.1) is 13.0 Å². The summed E-state index contributed by atoms with van der Waals surface area (Å²) in [5.74, 6) is 0.872. The Morgan fingerprint density at radius 2 is 2.07 bits per heavy atom. The monoisotopic (exact) mass is 392 g/mol. The van der Waals surface area contributed by atoms with E-state index in [0.29, 0.717) is 38.5 Å². The number of hydrogen-bond donors (Lipinski definition) is 0. The van der Waals surface area contributed by atoms with Crippen LogP contribution in [0.3, 0.4) is 0 Å². The summed E-state index contributed by atoms with van der Waals surface area (Å²) in [6.45, 7) is 4.86. The van der Waals surface area contributed by atoms with Crippen LogP contribution in [0, 0.1) is 0 Å². The van der Waals surface area contributed by atoms with Crippen molar-refractivity contribution in [1.82, 2.24) is 19.4 Å². The van der Waals surface area contributed by atoms with Crippen molar-refractivity contribution in [2.45, 2.75) is 70.9 Å². The first-order valence-corrected chi connectivity index (χ1v) is 10.6. The summed E-state index contributed by atoms with van der Waals surface area (Å²) in [4.78, 5) is 32.9. The maximum atomic E-state index is 12.5. The van der Waals surface area contributed by atoms with Gasteiger partial charge in [-0.1, -0.05) is 26.2 Å². The van der Waals surface area contributed by atoms with Crippen LogP contribution < -0.4 is 0 Å². The third-order valence-electron chi connectivity index (χ3n) is 5.43. The van der Waals surface area contributed by atoms with Crippen molar-refractivity contribution in [3.8, 4) is 0 Å². The van der Waals surface area contributed by atoms with Crippen LogP contribution in [0.25, 0.3) is 0 Å². The largest absolute Gasteiger partial charge is 0.466 e. The van der Waals surface area contributed by atoms with Gasteiger partial charge in [-0.15, -0.1) is 0 Å². The number of aromatic nitrogens is 2. The standard InChI is InChI=1S/C21H36N4O3/c1-4-5-6-7-16-28-21(27)11-14-24-15-12-22-19(24)8-9-20(26)25-13-10-18(17-25)23(2)3/h12,15,18H,4-11,13-14,16-17H2,1-3H3. The molecule has 0 aromatic carbocycles. The number of carbonyl (C=O) groups excluding carboxylic acids is 2. The fourth-order valence-electron chi connectivity index (χ4n) is 3.54. The molecule has 7 heteroatoms. The second-order valence-corrected chi connectivity index (χ2v) is 7.81. The summed E-state index contributed by atoms with van der Waals surface area (Å²) in [6, 6.07) is 0.457. The SMILES string of the molecule is CCCCCCOC(=O)CCn1ccnc1CCC(=O)N1CCC(N(C)C)C1. The first kappa shape index (κ1) is 22.4. The van der Waals surface area contributed by atoms with Gasteiger partial charge in [-0.3, -0.25) is 9.59 Å². The Kier molecular flexibility index (Phi) is 9.47. The molecule has 1 aliphatic rings. The molecule has 1 aromatic heterocycles. The van der Waals surface area contributed by atoms with Gasteiger partial charge in [0, 0.05) is 50.9 Å². The first-order valence-electron chi connectivity index (χ1n) is 10.6. The van der Waals surface area contributed by atoms with Crippen LogP contribution in [-0.4, -0.2) is 71.1 Å². The fourth-order valence-corrected chi connectivity index (χ4v) is 3.54. The number of aryl methyl sites for hydroxylation is 2. The van der Waals surface area contributed by atoms with Crippen LogP contribution in [0.1, 0.15) is 57.7 Å². The lowest BCUT2D eigenvalue weighted by molar-refractivity contribution is -0.144. The summed E-state index contributed by atoms with van der Waals surface area (Å²) >= 11 is 0. The summed E-state index contributed by atoms with van der Waals surface area (Å²) in [5.41, 5.74) is 0. The Morgan fingerprint density at radius 1 is 1.25 bits per heavy atom. The number of hydrogen-bond acceptors (Lipinski definition) is 5. The van der Waals surface area contributed by atoms with Crippen LogP contribution in [0.4, 0.5) is 0 Å². The quantitative estimate of drug-likeness (QED) is 0.404. The highest BCUT2D eigenvalue weighted by molar-refractivity contribution is 5.76. The number of imidazole rings is 1. The van der Waals surface area contributed by atoms with Crippen molar-refractivity contribution in [2.24, 2.45) is 0 Å². The lowest BCUT2D eigenvalue weighted by Gasteiger charge is -2.20. The van der Waals surface area contributed by atoms with Crippen LogP contribution in [0.15, 0.2) is 12.4 Å². The second kappa shape index (κ2) is 11.8. The van der Waals surface area contributed by atoms with E-state index in [4.69, 9.17) is 4.74 Å². The van der Waals surface area contributed by atoms with Gasteiger partial charge in [0.25, 0.3) is 0 Å². The minimum absolute atomic E-state index is 0.168. The molecule has 1 unspecified atom stereocenters. The first-order chi connectivity index (χ1) is 13.5. The molecule has 1 amide bonds. The van der Waals surface area contributed by atoms with Crippen molar-refractivity contribution in [1.29, 1.82) is 0 Å². The second-order valence-electron chi connectivity index (χ2n) is 7.81. The summed E-state index contributed by atoms with van der Waals surface area (Å²) in [7, 11) is 4.12. The number of carbonyl (C=O) groups is 2. The van der Waals surface area contributed by atoms with Gasteiger partial charge < -0.3 is 19.1 Å². The van der Waals surface area contributed by atoms with Crippen molar-refractivity contribution < 1.29 is 14.3 Å². The number of ether oxygens (including phenoxy) is 1. The van der Waals surface area contributed by atoms with Gasteiger partial charge in [0.1, 0.15) is 5.82 Å². The van der Waals surface area contributed by atoms with Gasteiger partial charge in [0.15, 0.2) is 0 Å². The molecule has 1 fully saturated rings. The summed E-state index contributed by atoms with van der Waals surface area (Å²) in [6.07, 6.45) is 10.4. The maximum Gasteiger partial charge on any atom is 0.307 e. The van der Waals surface area contributed by atoms with Crippen LogP contribution in [0.5, 0.6) is 0 Å². The fraction of sp³-hybridized carbons (Fsp3) is 0.762. The van der Waals surface area contributed by atoms with E-state index in [9.17, 15) is 9.59 Å². The van der Waals surface area contributed by atoms with Gasteiger partial charge in [-0.05, 0) is 26.9 Å². The molecule has 2 rings (SSSR count). The molecule has 0 N–H and O–H groups in total. The van der Waals surface area contributed by atoms with Gasteiger partial charge >= 0.3 is 5.97 Å². The predicted molar refractivity (Wildman–Crippen MR) is 109 cm³/mol. The Bertz CT molecular complexity index is 615. The average Bonchev–Trinajstić information content (AvgIpc) is 3.33. The summed E-state index contributed by atoms with van der Waals surface area (Å²) < 4.78 is 7.24. The van der Waals surface area contributed by atoms with Crippen LogP contribution >= 0.6 is 0 Å². The molecular weight excluding hydrogens is 356 g/mol. The Labute approximate surface area is 169 Å². The molecule has 0 aliphatic carbocycles. The van der Waals surface area contributed by atoms with Crippen LogP contribution in [0.2, 0.25) is 0 Å². The smallest absolute Gasteiger partial charge is 0.307 e. The zero-order chi connectivity index (χ0) is 20.4. The number of rotatable bonds is 12. The molecule has 0 bridgehead atoms. The van der Waals surface area contributed by atoms with Crippen molar-refractivity contribution in [3.63, 3.8) is 0 Å². The van der Waals surface area contributed by atoms with E-state index in [0.717, 1.165) is 38.2 Å². The highest BCUT2D eigenvalue weighted by Gasteiger charge is 2.27. The average molecular weight is 393 g/mol. The number of esters is 1. The number of nitrogens with zero attached hydrogens (tertiary/aromatic N) is 4. The Hall–Kier alpha value is -1.89. The molecule has 1 atom stereocenters. The van der Waals surface area contributed by atoms with E-state index in [2.05, 4.69) is 30.9 Å². The molecule has 1 aromatic rings. The molecule has 0 radical (unpaired) electrons. The zero-order valence-corrected chi connectivity index (χ0v) is 17.7. The van der Waals surface area contributed by atoms with Crippen LogP contribution in [-0.2, 0) is 27.3 Å². The molecule has 0 saturated carbocycles. The number of likely N-dealkylation sites (N-methyl/N-ethyl adjacent to an activating group) is 1. The molecule has 7 nitrogen and oxygen atoms in total. The highest BCUT2D eigenvalue weighted by atomic mass is 16.5. The van der Waals surface area contributed by atoms with Gasteiger partial charge in [-0.25, -0.2) is 4.98 Å². The lowest BCUT2D eigenvalue weighted by Crippen LogP contribution is -2.34. The number of likely N-dealkylation sites (tertiary alicyclic amines) is 1. The number of unbranched alkanes of at least 4 members (excludes halogenated alkanes) is 3. The Balaban J connectivity index is 1.69. The lowest BCUT2D eigenvalue weighted by atomic mass is 10.2. The minimum atomic E-state index is -0.168.